The molecule has 1 aromatic rings. The first kappa shape index (κ1) is 30.9. The molecule has 0 spiro atoms. The number of carbonyl (C=O) groups is 1. The van der Waals surface area contributed by atoms with Crippen molar-refractivity contribution in [2.75, 3.05) is 21.3 Å². The van der Waals surface area contributed by atoms with Gasteiger partial charge in [-0.2, -0.15) is 0 Å². The SMILES string of the molecule is COc1c(O)c(C)c(CC=C(C)CCC=C(C)CCC=C(C)CCC=C(C)C(=O)O)c(OC)c1OC. The van der Waals surface area contributed by atoms with E-state index >= 15 is 0 Å². The van der Waals surface area contributed by atoms with E-state index in [9.17, 15) is 9.90 Å². The molecule has 0 radical (unpaired) electrons. The third-order valence-corrected chi connectivity index (χ3v) is 6.37. The van der Waals surface area contributed by atoms with Crippen LogP contribution < -0.4 is 14.2 Å². The van der Waals surface area contributed by atoms with E-state index in [1.54, 1.807) is 20.1 Å². The first-order chi connectivity index (χ1) is 17.1. The lowest BCUT2D eigenvalue weighted by Gasteiger charge is -2.19. The Labute approximate surface area is 217 Å². The number of ether oxygens (including phenoxy) is 3. The molecule has 36 heavy (non-hydrogen) atoms. The van der Waals surface area contributed by atoms with Crippen molar-refractivity contribution in [3.63, 3.8) is 0 Å². The topological polar surface area (TPSA) is 85.2 Å². The number of hydrogen-bond acceptors (Lipinski definition) is 5. The molecule has 0 bridgehead atoms. The van der Waals surface area contributed by atoms with Crippen LogP contribution in [0.5, 0.6) is 23.0 Å². The highest BCUT2D eigenvalue weighted by molar-refractivity contribution is 5.85. The van der Waals surface area contributed by atoms with Gasteiger partial charge in [-0.3, -0.25) is 0 Å². The third-order valence-electron chi connectivity index (χ3n) is 6.37. The van der Waals surface area contributed by atoms with Crippen LogP contribution >= 0.6 is 0 Å². The van der Waals surface area contributed by atoms with Crippen LogP contribution in [0.15, 0.2) is 46.6 Å². The molecule has 1 rings (SSSR count). The Morgan fingerprint density at radius 2 is 1.17 bits per heavy atom. The summed E-state index contributed by atoms with van der Waals surface area (Å²) in [6.45, 7) is 9.88. The normalized spacial score (nSPS) is 13.1. The molecule has 0 aliphatic carbocycles. The summed E-state index contributed by atoms with van der Waals surface area (Å²) >= 11 is 0. The summed E-state index contributed by atoms with van der Waals surface area (Å²) in [6.07, 6.45) is 14.7. The molecule has 1 aromatic carbocycles. The summed E-state index contributed by atoms with van der Waals surface area (Å²) in [7, 11) is 4.62. The van der Waals surface area contributed by atoms with Crippen molar-refractivity contribution in [3.8, 4) is 23.0 Å². The molecule has 6 nitrogen and oxygen atoms in total. The summed E-state index contributed by atoms with van der Waals surface area (Å²) in [5.74, 6) is 0.496. The molecule has 6 heteroatoms. The predicted molar refractivity (Wildman–Crippen MR) is 147 cm³/mol. The highest BCUT2D eigenvalue weighted by atomic mass is 16.5. The fourth-order valence-corrected chi connectivity index (χ4v) is 3.95. The molecule has 200 valence electrons. The lowest BCUT2D eigenvalue weighted by Crippen LogP contribution is -2.02. The molecule has 0 fully saturated rings. The van der Waals surface area contributed by atoms with Crippen LogP contribution in [0.25, 0.3) is 0 Å². The number of allylic oxidation sites excluding steroid dienone is 7. The molecular weight excluding hydrogens is 456 g/mol. The Bertz CT molecular complexity index is 1010. The second-order valence-electron chi connectivity index (χ2n) is 9.22. The molecule has 0 saturated carbocycles. The van der Waals surface area contributed by atoms with Crippen LogP contribution in [0.2, 0.25) is 0 Å². The largest absolute Gasteiger partial charge is 0.504 e. The molecule has 0 atom stereocenters. The van der Waals surface area contributed by atoms with Gasteiger partial charge in [-0.1, -0.05) is 41.0 Å². The highest BCUT2D eigenvalue weighted by Crippen LogP contribution is 2.49. The van der Waals surface area contributed by atoms with E-state index < -0.39 is 5.97 Å². The number of rotatable bonds is 15. The van der Waals surface area contributed by atoms with Gasteiger partial charge in [0, 0.05) is 16.7 Å². The Balaban J connectivity index is 2.65. The van der Waals surface area contributed by atoms with Crippen LogP contribution in [0.1, 0.15) is 77.3 Å². The molecule has 2 N–H and O–H groups in total. The van der Waals surface area contributed by atoms with Gasteiger partial charge in [0.15, 0.2) is 11.5 Å². The lowest BCUT2D eigenvalue weighted by molar-refractivity contribution is -0.132. The van der Waals surface area contributed by atoms with Crippen molar-refractivity contribution in [1.29, 1.82) is 0 Å². The number of hydrogen-bond donors (Lipinski definition) is 2. The number of methoxy groups -OCH3 is 3. The third kappa shape index (κ3) is 9.48. The van der Waals surface area contributed by atoms with E-state index in [1.807, 2.05) is 6.92 Å². The van der Waals surface area contributed by atoms with Crippen LogP contribution in [-0.4, -0.2) is 37.5 Å². The second kappa shape index (κ2) is 15.8. The zero-order valence-corrected chi connectivity index (χ0v) is 23.3. The molecule has 0 aliphatic rings. The Hall–Kier alpha value is -3.15. The predicted octanol–water partition coefficient (Wildman–Crippen LogP) is 7.48. The van der Waals surface area contributed by atoms with Crippen molar-refractivity contribution in [3.05, 3.63) is 57.7 Å². The molecule has 0 aromatic heterocycles. The van der Waals surface area contributed by atoms with Gasteiger partial charge in [0.05, 0.1) is 21.3 Å². The smallest absolute Gasteiger partial charge is 0.330 e. The van der Waals surface area contributed by atoms with Crippen LogP contribution in [0.4, 0.5) is 0 Å². The standard InChI is InChI=1S/C30H44O6/c1-20(12-9-13-21(2)16-11-17-23(4)30(32)33)14-10-15-22(3)18-19-25-24(5)26(31)28(35-7)29(36-8)27(25)34-6/h13-14,17-18,31H,9-12,15-16,19H2,1-8H3,(H,32,33). The zero-order chi connectivity index (χ0) is 27.3. The Morgan fingerprint density at radius 3 is 1.61 bits per heavy atom. The van der Waals surface area contributed by atoms with E-state index in [-0.39, 0.29) is 11.5 Å². The lowest BCUT2D eigenvalue weighted by atomic mass is 9.99. The van der Waals surface area contributed by atoms with Gasteiger partial charge in [-0.25, -0.2) is 4.79 Å². The maximum atomic E-state index is 10.8. The number of aliphatic carboxylic acids is 1. The molecule has 0 saturated heterocycles. The van der Waals surface area contributed by atoms with Crippen LogP contribution in [0.3, 0.4) is 0 Å². The van der Waals surface area contributed by atoms with Gasteiger partial charge in [0.25, 0.3) is 0 Å². The Morgan fingerprint density at radius 1 is 0.722 bits per heavy atom. The second-order valence-corrected chi connectivity index (χ2v) is 9.22. The summed E-state index contributed by atoms with van der Waals surface area (Å²) in [6, 6.07) is 0. The number of carboxylic acids is 1. The number of benzene rings is 1. The quantitative estimate of drug-likeness (QED) is 0.192. The van der Waals surface area contributed by atoms with E-state index in [2.05, 4.69) is 39.0 Å². The summed E-state index contributed by atoms with van der Waals surface area (Å²) in [4.78, 5) is 10.8. The van der Waals surface area contributed by atoms with E-state index in [0.717, 1.165) is 49.7 Å². The molecule has 0 heterocycles. The van der Waals surface area contributed by atoms with Crippen molar-refractivity contribution in [2.24, 2.45) is 0 Å². The number of phenols is 1. The number of aromatic hydroxyl groups is 1. The van der Waals surface area contributed by atoms with Gasteiger partial charge >= 0.3 is 5.97 Å². The molecular formula is C30H44O6. The minimum Gasteiger partial charge on any atom is -0.504 e. The van der Waals surface area contributed by atoms with Gasteiger partial charge in [-0.05, 0) is 79.6 Å². The first-order valence-corrected chi connectivity index (χ1v) is 12.4. The monoisotopic (exact) mass is 500 g/mol. The van der Waals surface area contributed by atoms with Crippen molar-refractivity contribution >= 4 is 5.97 Å². The van der Waals surface area contributed by atoms with E-state index in [4.69, 9.17) is 19.3 Å². The van der Waals surface area contributed by atoms with Crippen molar-refractivity contribution in [2.45, 2.75) is 79.6 Å². The molecule has 0 aliphatic heterocycles. The maximum Gasteiger partial charge on any atom is 0.330 e. The maximum absolute atomic E-state index is 10.8. The summed E-state index contributed by atoms with van der Waals surface area (Å²) in [5.41, 5.74) is 5.95. The van der Waals surface area contributed by atoms with E-state index in [1.165, 1.54) is 30.9 Å². The molecule has 0 unspecified atom stereocenters. The van der Waals surface area contributed by atoms with Gasteiger partial charge < -0.3 is 24.4 Å². The summed E-state index contributed by atoms with van der Waals surface area (Å²) in [5, 5.41) is 19.5. The summed E-state index contributed by atoms with van der Waals surface area (Å²) < 4.78 is 16.4. The van der Waals surface area contributed by atoms with Crippen molar-refractivity contribution < 1.29 is 29.2 Å². The fourth-order valence-electron chi connectivity index (χ4n) is 3.95. The van der Waals surface area contributed by atoms with Gasteiger partial charge in [-0.15, -0.1) is 0 Å². The minimum absolute atomic E-state index is 0.0749. The average Bonchev–Trinajstić information content (AvgIpc) is 2.84. The van der Waals surface area contributed by atoms with Gasteiger partial charge in [0.2, 0.25) is 11.5 Å². The molecule has 0 amide bonds. The first-order valence-electron chi connectivity index (χ1n) is 12.4. The van der Waals surface area contributed by atoms with E-state index in [0.29, 0.717) is 23.5 Å². The average molecular weight is 501 g/mol. The fraction of sp³-hybridized carbons (Fsp3) is 0.500. The van der Waals surface area contributed by atoms with Crippen LogP contribution in [0, 0.1) is 6.92 Å². The zero-order valence-electron chi connectivity index (χ0n) is 23.3. The van der Waals surface area contributed by atoms with Crippen LogP contribution in [-0.2, 0) is 11.2 Å². The Kier molecular flexibility index (Phi) is 13.5. The number of carboxylic acid groups (broad SMARTS) is 1. The van der Waals surface area contributed by atoms with Crippen molar-refractivity contribution in [1.82, 2.24) is 0 Å². The van der Waals surface area contributed by atoms with Gasteiger partial charge in [0.1, 0.15) is 0 Å². The highest BCUT2D eigenvalue weighted by Gasteiger charge is 2.23. The minimum atomic E-state index is -0.849. The number of phenolic OH excluding ortho intramolecular Hbond substituents is 1.